The highest BCUT2D eigenvalue weighted by Crippen LogP contribution is 2.35. The molecule has 162 valence electrons. The molecular weight excluding hydrogens is 399 g/mol. The minimum atomic E-state index is -0.680. The highest BCUT2D eigenvalue weighted by Gasteiger charge is 2.40. The van der Waals surface area contributed by atoms with Crippen molar-refractivity contribution in [1.82, 2.24) is 20.1 Å². The number of rotatable bonds is 4. The Labute approximate surface area is 179 Å². The third-order valence-corrected chi connectivity index (χ3v) is 6.74. The molecule has 0 radical (unpaired) electrons. The second-order valence-electron chi connectivity index (χ2n) is 8.70. The fraction of sp³-hybridized carbons (Fsp3) is 0.435. The fourth-order valence-corrected chi connectivity index (χ4v) is 5.04. The molecular formula is C23H25FN4O3. The summed E-state index contributed by atoms with van der Waals surface area (Å²) in [5.41, 5.74) is 3.00. The van der Waals surface area contributed by atoms with Gasteiger partial charge in [-0.3, -0.25) is 24.6 Å². The Morgan fingerprint density at radius 1 is 1.10 bits per heavy atom. The summed E-state index contributed by atoms with van der Waals surface area (Å²) in [5, 5.41) is 2.30. The van der Waals surface area contributed by atoms with Gasteiger partial charge in [0.1, 0.15) is 11.9 Å². The van der Waals surface area contributed by atoms with Crippen molar-refractivity contribution in [2.75, 3.05) is 13.1 Å². The van der Waals surface area contributed by atoms with Crippen molar-refractivity contribution in [2.45, 2.75) is 50.7 Å². The summed E-state index contributed by atoms with van der Waals surface area (Å²) in [5.74, 6) is -1.33. The van der Waals surface area contributed by atoms with Gasteiger partial charge in [-0.25, -0.2) is 4.39 Å². The lowest BCUT2D eigenvalue weighted by atomic mass is 9.87. The van der Waals surface area contributed by atoms with Crippen LogP contribution in [0.3, 0.4) is 0 Å². The number of carbonyl (C=O) groups is 3. The molecule has 2 N–H and O–H groups in total. The topological polar surface area (TPSA) is 85.5 Å². The highest BCUT2D eigenvalue weighted by atomic mass is 19.1. The highest BCUT2D eigenvalue weighted by molar-refractivity contribution is 6.05. The van der Waals surface area contributed by atoms with Gasteiger partial charge in [-0.15, -0.1) is 0 Å². The summed E-state index contributed by atoms with van der Waals surface area (Å²) in [6, 6.07) is 4.55. The van der Waals surface area contributed by atoms with Crippen LogP contribution in [0.5, 0.6) is 0 Å². The largest absolute Gasteiger partial charge is 0.367 e. The summed E-state index contributed by atoms with van der Waals surface area (Å²) in [6.07, 6.45) is 6.16. The molecule has 8 heteroatoms. The van der Waals surface area contributed by atoms with Gasteiger partial charge in [0.25, 0.3) is 5.91 Å². The molecule has 3 aliphatic rings. The third-order valence-electron chi connectivity index (χ3n) is 6.74. The smallest absolute Gasteiger partial charge is 0.255 e. The van der Waals surface area contributed by atoms with Crippen molar-refractivity contribution in [2.24, 2.45) is 0 Å². The summed E-state index contributed by atoms with van der Waals surface area (Å²) in [7, 11) is 0. The average molecular weight is 424 g/mol. The predicted molar refractivity (Wildman–Crippen MR) is 110 cm³/mol. The van der Waals surface area contributed by atoms with Crippen LogP contribution in [0, 0.1) is 5.82 Å². The molecule has 31 heavy (non-hydrogen) atoms. The summed E-state index contributed by atoms with van der Waals surface area (Å²) < 4.78 is 15.0. The number of aromatic nitrogens is 1. The van der Waals surface area contributed by atoms with Gasteiger partial charge in [0.05, 0.1) is 0 Å². The Hall–Kier alpha value is -3.00. The number of benzene rings is 1. The van der Waals surface area contributed by atoms with E-state index in [0.717, 1.165) is 38.0 Å². The minimum absolute atomic E-state index is 0.118. The molecule has 0 saturated carbocycles. The molecule has 2 fully saturated rings. The van der Waals surface area contributed by atoms with E-state index >= 15 is 0 Å². The van der Waals surface area contributed by atoms with Crippen molar-refractivity contribution < 1.29 is 18.8 Å². The van der Waals surface area contributed by atoms with Crippen molar-refractivity contribution in [1.29, 1.82) is 0 Å². The molecule has 1 unspecified atom stereocenters. The second kappa shape index (κ2) is 7.92. The number of amides is 3. The van der Waals surface area contributed by atoms with Crippen LogP contribution in [-0.4, -0.2) is 51.6 Å². The number of halogens is 1. The Morgan fingerprint density at radius 3 is 2.61 bits per heavy atom. The van der Waals surface area contributed by atoms with Gasteiger partial charge in [-0.2, -0.15) is 0 Å². The summed E-state index contributed by atoms with van der Waals surface area (Å²) >= 11 is 0. The quantitative estimate of drug-likeness (QED) is 0.738. The summed E-state index contributed by atoms with van der Waals surface area (Å²) in [4.78, 5) is 43.4. The predicted octanol–water partition coefficient (Wildman–Crippen LogP) is 2.29. The van der Waals surface area contributed by atoms with E-state index in [0.29, 0.717) is 17.5 Å². The number of nitrogens with one attached hydrogen (secondary N) is 2. The Bertz CT molecular complexity index is 1030. The maximum atomic E-state index is 15.0. The standard InChI is InChI=1S/C23H25FN4O3/c24-19-10-18-16(13-28(23(18)31)20-1-2-21(29)26-22(20)30)9-17(19)15-4-7-27(8-5-15)12-14-3-6-25-11-14/h3,6,9-11,15,20,25H,1-2,4-5,7-8,12-13H2,(H,26,29,30). The number of fused-ring (bicyclic) bond motifs is 1. The molecule has 0 aliphatic carbocycles. The van der Waals surface area contributed by atoms with E-state index in [1.54, 1.807) is 0 Å². The first kappa shape index (κ1) is 19.9. The monoisotopic (exact) mass is 424 g/mol. The summed E-state index contributed by atoms with van der Waals surface area (Å²) in [6.45, 7) is 2.96. The molecule has 1 atom stereocenters. The molecule has 2 saturated heterocycles. The number of nitrogens with zero attached hydrogens (tertiary/aromatic N) is 2. The number of H-pyrrole nitrogens is 1. The number of aromatic amines is 1. The van der Waals surface area contributed by atoms with Gasteiger partial charge in [0, 0.05) is 37.5 Å². The molecule has 3 aliphatic heterocycles. The van der Waals surface area contributed by atoms with Gasteiger partial charge in [0.15, 0.2) is 0 Å². The zero-order valence-electron chi connectivity index (χ0n) is 17.2. The lowest BCUT2D eigenvalue weighted by molar-refractivity contribution is -0.136. The minimum Gasteiger partial charge on any atom is -0.367 e. The van der Waals surface area contributed by atoms with E-state index < -0.39 is 11.9 Å². The van der Waals surface area contributed by atoms with Crippen LogP contribution in [0.25, 0.3) is 0 Å². The van der Waals surface area contributed by atoms with Crippen LogP contribution in [0.15, 0.2) is 30.6 Å². The Morgan fingerprint density at radius 2 is 1.90 bits per heavy atom. The van der Waals surface area contributed by atoms with Crippen molar-refractivity contribution in [3.8, 4) is 0 Å². The van der Waals surface area contributed by atoms with Crippen molar-refractivity contribution in [3.63, 3.8) is 0 Å². The SMILES string of the molecule is O=C1CCC(N2Cc3cc(C4CCN(Cc5cc[nH]c5)CC4)c(F)cc3C2=O)C(=O)N1. The first-order valence-corrected chi connectivity index (χ1v) is 10.8. The lowest BCUT2D eigenvalue weighted by Gasteiger charge is -2.32. The number of imide groups is 1. The first-order chi connectivity index (χ1) is 15.0. The van der Waals surface area contributed by atoms with E-state index in [4.69, 9.17) is 0 Å². The molecule has 3 amide bonds. The van der Waals surface area contributed by atoms with Crippen LogP contribution in [0.2, 0.25) is 0 Å². The average Bonchev–Trinajstić information content (AvgIpc) is 3.37. The van der Waals surface area contributed by atoms with Gasteiger partial charge in [0.2, 0.25) is 11.8 Å². The maximum absolute atomic E-state index is 15.0. The molecule has 4 heterocycles. The van der Waals surface area contributed by atoms with E-state index in [9.17, 15) is 18.8 Å². The van der Waals surface area contributed by atoms with Crippen molar-refractivity contribution in [3.05, 3.63) is 58.7 Å². The van der Waals surface area contributed by atoms with E-state index in [1.807, 2.05) is 18.5 Å². The number of hydrogen-bond donors (Lipinski definition) is 2. The first-order valence-electron chi connectivity index (χ1n) is 10.8. The van der Waals surface area contributed by atoms with E-state index in [1.165, 1.54) is 16.5 Å². The zero-order chi connectivity index (χ0) is 21.5. The third kappa shape index (κ3) is 3.76. The van der Waals surface area contributed by atoms with Gasteiger partial charge < -0.3 is 9.88 Å². The normalized spacial score (nSPS) is 22.7. The molecule has 2 aromatic rings. The van der Waals surface area contributed by atoms with Crippen LogP contribution in [-0.2, 0) is 22.7 Å². The van der Waals surface area contributed by atoms with Crippen LogP contribution in [0.4, 0.5) is 4.39 Å². The Kier molecular flexibility index (Phi) is 5.09. The van der Waals surface area contributed by atoms with Gasteiger partial charge >= 0.3 is 0 Å². The molecule has 0 spiro atoms. The molecule has 0 bridgehead atoms. The van der Waals surface area contributed by atoms with E-state index in [-0.39, 0.29) is 36.5 Å². The fourth-order valence-electron chi connectivity index (χ4n) is 5.04. The van der Waals surface area contributed by atoms with Gasteiger partial charge in [-0.1, -0.05) is 6.07 Å². The number of carbonyl (C=O) groups excluding carboxylic acids is 3. The molecule has 1 aromatic heterocycles. The molecule has 7 nitrogen and oxygen atoms in total. The number of likely N-dealkylation sites (tertiary alicyclic amines) is 1. The lowest BCUT2D eigenvalue weighted by Crippen LogP contribution is -2.52. The van der Waals surface area contributed by atoms with Gasteiger partial charge in [-0.05, 0) is 67.1 Å². The molecule has 1 aromatic carbocycles. The number of piperidine rings is 2. The maximum Gasteiger partial charge on any atom is 0.255 e. The number of hydrogen-bond acceptors (Lipinski definition) is 4. The van der Waals surface area contributed by atoms with Crippen LogP contribution in [0.1, 0.15) is 58.6 Å². The van der Waals surface area contributed by atoms with Crippen LogP contribution < -0.4 is 5.32 Å². The second-order valence-corrected chi connectivity index (χ2v) is 8.70. The van der Waals surface area contributed by atoms with Crippen molar-refractivity contribution >= 4 is 17.7 Å². The van der Waals surface area contributed by atoms with E-state index in [2.05, 4.69) is 21.3 Å². The Balaban J connectivity index is 1.29. The van der Waals surface area contributed by atoms with Crippen LogP contribution >= 0.6 is 0 Å². The molecule has 5 rings (SSSR count). The zero-order valence-corrected chi connectivity index (χ0v) is 17.2.